The minimum absolute atomic E-state index is 0.784. The standard InChI is InChI=1S/C13H12N2O/c1-2-13-11(3-5-14-13)7-12(1)15-8-10-4-6-16-9-10/h1-7,9,14-15H,8H2. The summed E-state index contributed by atoms with van der Waals surface area (Å²) in [5.41, 5.74) is 3.43. The molecule has 0 bridgehead atoms. The van der Waals surface area contributed by atoms with Crippen LogP contribution < -0.4 is 5.32 Å². The van der Waals surface area contributed by atoms with Gasteiger partial charge in [-0.25, -0.2) is 0 Å². The lowest BCUT2D eigenvalue weighted by Crippen LogP contribution is -1.97. The van der Waals surface area contributed by atoms with Gasteiger partial charge in [-0.1, -0.05) is 0 Å². The Balaban J connectivity index is 1.78. The van der Waals surface area contributed by atoms with Gasteiger partial charge in [0.2, 0.25) is 0 Å². The van der Waals surface area contributed by atoms with Gasteiger partial charge in [-0.3, -0.25) is 0 Å². The molecule has 0 aliphatic rings. The molecule has 0 radical (unpaired) electrons. The van der Waals surface area contributed by atoms with Crippen LogP contribution in [0.25, 0.3) is 10.9 Å². The van der Waals surface area contributed by atoms with Crippen LogP contribution in [0.15, 0.2) is 53.5 Å². The third-order valence-electron chi connectivity index (χ3n) is 2.63. The number of hydrogen-bond donors (Lipinski definition) is 2. The zero-order valence-corrected chi connectivity index (χ0v) is 8.73. The van der Waals surface area contributed by atoms with Crippen molar-refractivity contribution >= 4 is 16.6 Å². The van der Waals surface area contributed by atoms with Gasteiger partial charge in [0.15, 0.2) is 0 Å². The number of rotatable bonds is 3. The van der Waals surface area contributed by atoms with Crippen LogP contribution in [0.5, 0.6) is 0 Å². The first-order chi connectivity index (χ1) is 7.92. The van der Waals surface area contributed by atoms with Gasteiger partial charge in [-0.2, -0.15) is 0 Å². The number of anilines is 1. The van der Waals surface area contributed by atoms with Crippen molar-refractivity contribution in [2.24, 2.45) is 0 Å². The van der Waals surface area contributed by atoms with E-state index in [1.807, 2.05) is 12.3 Å². The molecule has 0 aliphatic heterocycles. The molecule has 3 nitrogen and oxygen atoms in total. The Kier molecular flexibility index (Phi) is 2.14. The minimum atomic E-state index is 0.784. The number of fused-ring (bicyclic) bond motifs is 1. The summed E-state index contributed by atoms with van der Waals surface area (Å²) in [7, 11) is 0. The number of benzene rings is 1. The van der Waals surface area contributed by atoms with Crippen LogP contribution in [0, 0.1) is 0 Å². The molecule has 1 aromatic carbocycles. The van der Waals surface area contributed by atoms with E-state index in [2.05, 4.69) is 34.6 Å². The molecule has 2 N–H and O–H groups in total. The van der Waals surface area contributed by atoms with Crippen LogP contribution >= 0.6 is 0 Å². The lowest BCUT2D eigenvalue weighted by molar-refractivity contribution is 0.564. The Bertz CT molecular complexity index is 581. The Hall–Kier alpha value is -2.16. The highest BCUT2D eigenvalue weighted by molar-refractivity contribution is 5.82. The van der Waals surface area contributed by atoms with Gasteiger partial charge < -0.3 is 14.7 Å². The van der Waals surface area contributed by atoms with E-state index in [-0.39, 0.29) is 0 Å². The van der Waals surface area contributed by atoms with Gasteiger partial charge in [0, 0.05) is 34.9 Å². The summed E-state index contributed by atoms with van der Waals surface area (Å²) in [5, 5.41) is 4.57. The zero-order valence-electron chi connectivity index (χ0n) is 8.73. The number of aromatic nitrogens is 1. The summed E-state index contributed by atoms with van der Waals surface area (Å²) in [4.78, 5) is 3.17. The fourth-order valence-electron chi connectivity index (χ4n) is 1.76. The van der Waals surface area contributed by atoms with E-state index in [0.29, 0.717) is 0 Å². The average molecular weight is 212 g/mol. The molecular weight excluding hydrogens is 200 g/mol. The minimum Gasteiger partial charge on any atom is -0.472 e. The van der Waals surface area contributed by atoms with Crippen molar-refractivity contribution in [3.05, 3.63) is 54.6 Å². The first kappa shape index (κ1) is 9.09. The highest BCUT2D eigenvalue weighted by Crippen LogP contribution is 2.18. The van der Waals surface area contributed by atoms with E-state index in [9.17, 15) is 0 Å². The van der Waals surface area contributed by atoms with E-state index >= 15 is 0 Å². The van der Waals surface area contributed by atoms with Crippen molar-refractivity contribution in [1.82, 2.24) is 4.98 Å². The quantitative estimate of drug-likeness (QED) is 0.698. The molecule has 16 heavy (non-hydrogen) atoms. The average Bonchev–Trinajstić information content (AvgIpc) is 2.97. The third kappa shape index (κ3) is 1.67. The fourth-order valence-corrected chi connectivity index (χ4v) is 1.76. The molecule has 0 atom stereocenters. The molecule has 2 aromatic heterocycles. The number of hydrogen-bond acceptors (Lipinski definition) is 2. The zero-order chi connectivity index (χ0) is 10.8. The maximum absolute atomic E-state index is 5.02. The van der Waals surface area contributed by atoms with Crippen LogP contribution in [0.4, 0.5) is 5.69 Å². The van der Waals surface area contributed by atoms with Gasteiger partial charge in [-0.15, -0.1) is 0 Å². The molecule has 0 spiro atoms. The van der Waals surface area contributed by atoms with Crippen LogP contribution in [0.3, 0.4) is 0 Å². The maximum atomic E-state index is 5.02. The first-order valence-corrected chi connectivity index (χ1v) is 5.24. The molecule has 0 fully saturated rings. The van der Waals surface area contributed by atoms with Gasteiger partial charge >= 0.3 is 0 Å². The molecule has 0 saturated carbocycles. The molecule has 3 aromatic rings. The second-order valence-corrected chi connectivity index (χ2v) is 3.76. The monoisotopic (exact) mass is 212 g/mol. The summed E-state index contributed by atoms with van der Waals surface area (Å²) in [6.45, 7) is 0.784. The Morgan fingerprint density at radius 2 is 2.19 bits per heavy atom. The largest absolute Gasteiger partial charge is 0.472 e. The summed E-state index contributed by atoms with van der Waals surface area (Å²) in [6, 6.07) is 10.3. The molecule has 3 heteroatoms. The Morgan fingerprint density at radius 3 is 3.06 bits per heavy atom. The number of furan rings is 1. The van der Waals surface area contributed by atoms with Gasteiger partial charge in [0.25, 0.3) is 0 Å². The molecule has 0 unspecified atom stereocenters. The van der Waals surface area contributed by atoms with Crippen molar-refractivity contribution in [2.75, 3.05) is 5.32 Å². The Labute approximate surface area is 93.1 Å². The lowest BCUT2D eigenvalue weighted by Gasteiger charge is -2.04. The van der Waals surface area contributed by atoms with Crippen LogP contribution in [-0.4, -0.2) is 4.98 Å². The van der Waals surface area contributed by atoms with Crippen molar-refractivity contribution in [3.8, 4) is 0 Å². The van der Waals surface area contributed by atoms with Crippen molar-refractivity contribution < 1.29 is 4.42 Å². The van der Waals surface area contributed by atoms with Gasteiger partial charge in [-0.05, 0) is 30.3 Å². The molecule has 80 valence electrons. The molecular formula is C13H12N2O. The molecule has 2 heterocycles. The second kappa shape index (κ2) is 3.77. The fraction of sp³-hybridized carbons (Fsp3) is 0.0769. The van der Waals surface area contributed by atoms with E-state index in [1.165, 1.54) is 5.39 Å². The first-order valence-electron chi connectivity index (χ1n) is 5.24. The SMILES string of the molecule is c1cc2cc(NCc3ccoc3)ccc2[nH]1. The Morgan fingerprint density at radius 1 is 1.19 bits per heavy atom. The normalized spacial score (nSPS) is 10.8. The van der Waals surface area contributed by atoms with Crippen LogP contribution in [0.2, 0.25) is 0 Å². The maximum Gasteiger partial charge on any atom is 0.0952 e. The summed E-state index contributed by atoms with van der Waals surface area (Å²) in [5.74, 6) is 0. The highest BCUT2D eigenvalue weighted by atomic mass is 16.3. The van der Waals surface area contributed by atoms with Gasteiger partial charge in [0.1, 0.15) is 0 Å². The highest BCUT2D eigenvalue weighted by Gasteiger charge is 1.98. The van der Waals surface area contributed by atoms with Crippen molar-refractivity contribution in [3.63, 3.8) is 0 Å². The predicted molar refractivity (Wildman–Crippen MR) is 64.3 cm³/mol. The second-order valence-electron chi connectivity index (χ2n) is 3.76. The van der Waals surface area contributed by atoms with Crippen LogP contribution in [0.1, 0.15) is 5.56 Å². The smallest absolute Gasteiger partial charge is 0.0952 e. The predicted octanol–water partition coefficient (Wildman–Crippen LogP) is 3.37. The number of H-pyrrole nitrogens is 1. The molecule has 0 saturated heterocycles. The third-order valence-corrected chi connectivity index (χ3v) is 2.63. The molecule has 0 aliphatic carbocycles. The molecule has 0 amide bonds. The topological polar surface area (TPSA) is 41.0 Å². The summed E-state index contributed by atoms with van der Waals surface area (Å²) < 4.78 is 5.02. The van der Waals surface area contributed by atoms with E-state index in [0.717, 1.165) is 23.3 Å². The van der Waals surface area contributed by atoms with Crippen molar-refractivity contribution in [2.45, 2.75) is 6.54 Å². The van der Waals surface area contributed by atoms with E-state index < -0.39 is 0 Å². The van der Waals surface area contributed by atoms with Gasteiger partial charge in [0.05, 0.1) is 12.5 Å². The lowest BCUT2D eigenvalue weighted by atomic mass is 10.2. The van der Waals surface area contributed by atoms with Crippen molar-refractivity contribution in [1.29, 1.82) is 0 Å². The number of aromatic amines is 1. The molecule has 3 rings (SSSR count). The number of nitrogens with one attached hydrogen (secondary N) is 2. The van der Waals surface area contributed by atoms with E-state index in [4.69, 9.17) is 4.42 Å². The van der Waals surface area contributed by atoms with Crippen LogP contribution in [-0.2, 0) is 6.54 Å². The van der Waals surface area contributed by atoms with E-state index in [1.54, 1.807) is 12.5 Å². The summed E-state index contributed by atoms with van der Waals surface area (Å²) in [6.07, 6.45) is 5.39. The summed E-state index contributed by atoms with van der Waals surface area (Å²) >= 11 is 0.